The van der Waals surface area contributed by atoms with Crippen LogP contribution in [-0.4, -0.2) is 52.6 Å². The fraction of sp³-hybridized carbons (Fsp3) is 0.692. The van der Waals surface area contributed by atoms with Crippen molar-refractivity contribution in [3.8, 4) is 5.75 Å². The first-order valence-electron chi connectivity index (χ1n) is 23.4. The van der Waals surface area contributed by atoms with E-state index in [0.717, 1.165) is 55.6 Å². The normalized spacial score (nSPS) is 43.1. The largest absolute Gasteiger partial charge is 0.508 e. The maximum absolute atomic E-state index is 9.91. The number of rotatable bonds is 13. The van der Waals surface area contributed by atoms with Crippen LogP contribution in [0.1, 0.15) is 148 Å². The minimum Gasteiger partial charge on any atom is -0.508 e. The zero-order valence-electron chi connectivity index (χ0n) is 35.3. The Hall–Kier alpha value is -2.40. The molecule has 0 aromatic heterocycles. The summed E-state index contributed by atoms with van der Waals surface area (Å²) >= 11 is 0. The van der Waals surface area contributed by atoms with Gasteiger partial charge in [0.05, 0.1) is 5.54 Å². The molecule has 12 atom stereocenters. The smallest absolute Gasteiger partial charge is 0.116 e. The number of fused-ring (bicyclic) bond motifs is 2. The van der Waals surface area contributed by atoms with E-state index in [2.05, 4.69) is 75.1 Å². The van der Waals surface area contributed by atoms with Crippen LogP contribution >= 0.6 is 0 Å². The predicted octanol–water partition coefficient (Wildman–Crippen LogP) is 12.1. The quantitative estimate of drug-likeness (QED) is 0.121. The van der Waals surface area contributed by atoms with Crippen LogP contribution < -0.4 is 0 Å². The summed E-state index contributed by atoms with van der Waals surface area (Å²) in [6, 6.07) is 12.5. The number of hydrogen-bond acceptors (Lipinski definition) is 4. The van der Waals surface area contributed by atoms with Gasteiger partial charge in [0, 0.05) is 42.7 Å². The number of unbranched alkanes of at least 4 members (excludes halogenated alkanes) is 1. The van der Waals surface area contributed by atoms with E-state index < -0.39 is 0 Å². The number of allylic oxidation sites excluding steroid dienone is 3. The number of phenolic OH excluding ortho intramolecular Hbond substituents is 1. The predicted molar refractivity (Wildman–Crippen MR) is 229 cm³/mol. The molecule has 12 unspecified atom stereocenters. The molecule has 0 amide bonds. The molecule has 56 heavy (non-hydrogen) atoms. The van der Waals surface area contributed by atoms with Crippen molar-refractivity contribution >= 4 is 10.8 Å². The number of aliphatic hydroxyl groups is 1. The van der Waals surface area contributed by atoms with Crippen LogP contribution in [0.25, 0.3) is 10.8 Å². The molecule has 2 N–H and O–H groups in total. The van der Waals surface area contributed by atoms with Gasteiger partial charge in [-0.3, -0.25) is 4.90 Å². The summed E-state index contributed by atoms with van der Waals surface area (Å²) in [5.41, 5.74) is 6.63. The second kappa shape index (κ2) is 13.6. The molecule has 2 heterocycles. The van der Waals surface area contributed by atoms with Gasteiger partial charge < -0.3 is 14.9 Å². The topological polar surface area (TPSA) is 52.7 Å². The van der Waals surface area contributed by atoms with Crippen molar-refractivity contribution in [1.82, 2.24) is 4.90 Å². The van der Waals surface area contributed by atoms with Gasteiger partial charge in [-0.25, -0.2) is 0 Å². The van der Waals surface area contributed by atoms with Crippen molar-refractivity contribution in [1.29, 1.82) is 0 Å². The van der Waals surface area contributed by atoms with E-state index in [1.54, 1.807) is 11.6 Å². The van der Waals surface area contributed by atoms with Crippen LogP contribution in [0.5, 0.6) is 5.75 Å². The fourth-order valence-corrected chi connectivity index (χ4v) is 17.2. The number of phenols is 1. The zero-order chi connectivity index (χ0) is 38.6. The summed E-state index contributed by atoms with van der Waals surface area (Å²) < 4.78 is 6.65. The van der Waals surface area contributed by atoms with E-state index in [4.69, 9.17) is 4.74 Å². The van der Waals surface area contributed by atoms with Crippen molar-refractivity contribution in [2.24, 2.45) is 45.3 Å². The summed E-state index contributed by atoms with van der Waals surface area (Å²) in [5, 5.41) is 22.0. The Balaban J connectivity index is 0.885. The highest BCUT2D eigenvalue weighted by atomic mass is 16.5. The third-order valence-electron chi connectivity index (χ3n) is 19.4. The first-order valence-corrected chi connectivity index (χ1v) is 23.4. The van der Waals surface area contributed by atoms with Crippen LogP contribution in [0.4, 0.5) is 0 Å². The van der Waals surface area contributed by atoms with E-state index in [0.29, 0.717) is 40.6 Å². The number of nitrogens with zero attached hydrogens (tertiary/aromatic N) is 1. The molecule has 4 spiro atoms. The summed E-state index contributed by atoms with van der Waals surface area (Å²) in [7, 11) is 0. The maximum atomic E-state index is 9.91. The highest BCUT2D eigenvalue weighted by molar-refractivity contribution is 5.84. The molecular formula is C52H71NO3. The maximum Gasteiger partial charge on any atom is 0.116 e. The summed E-state index contributed by atoms with van der Waals surface area (Å²) in [6.45, 7) is 13.8. The lowest BCUT2D eigenvalue weighted by atomic mass is 9.31. The van der Waals surface area contributed by atoms with Crippen LogP contribution in [0.2, 0.25) is 0 Å². The lowest BCUT2D eigenvalue weighted by Gasteiger charge is -2.74. The number of benzene rings is 2. The van der Waals surface area contributed by atoms with Crippen LogP contribution in [0.3, 0.4) is 0 Å². The minimum absolute atomic E-state index is 0.0131. The SMILES string of the molecule is CCC(CCCCOCCC1CCCC12CC(C)C13CCC(C)=C1CC21C2(C=CCC31C)C=CC1C(CCCO)CCC13CN32)c1ccc2cc(O)ccc2c1. The van der Waals surface area contributed by atoms with Crippen molar-refractivity contribution < 1.29 is 14.9 Å². The van der Waals surface area contributed by atoms with Gasteiger partial charge in [-0.05, 0) is 172 Å². The molecule has 302 valence electrons. The Morgan fingerprint density at radius 2 is 1.82 bits per heavy atom. The fourth-order valence-electron chi connectivity index (χ4n) is 17.2. The molecule has 2 aliphatic heterocycles. The Bertz CT molecular complexity index is 1950. The van der Waals surface area contributed by atoms with E-state index in [1.807, 2.05) is 17.7 Å². The van der Waals surface area contributed by atoms with Crippen LogP contribution in [0, 0.1) is 45.3 Å². The van der Waals surface area contributed by atoms with Gasteiger partial charge in [-0.2, -0.15) is 0 Å². The average molecular weight is 758 g/mol. The highest BCUT2D eigenvalue weighted by Gasteiger charge is 2.87. The number of hydrogen-bond donors (Lipinski definition) is 2. The molecule has 8 aliphatic rings. The molecular weight excluding hydrogens is 687 g/mol. The van der Waals surface area contributed by atoms with E-state index in [-0.39, 0.29) is 16.4 Å². The van der Waals surface area contributed by atoms with Crippen molar-refractivity contribution in [3.63, 3.8) is 0 Å². The summed E-state index contributed by atoms with van der Waals surface area (Å²) in [5.74, 6) is 3.77. The summed E-state index contributed by atoms with van der Waals surface area (Å²) in [6.07, 6.45) is 32.7. The molecule has 10 rings (SSSR count). The zero-order valence-corrected chi connectivity index (χ0v) is 35.3. The minimum atomic E-state index is 0.0131. The first kappa shape index (κ1) is 37.8. The van der Waals surface area contributed by atoms with Gasteiger partial charge >= 0.3 is 0 Å². The average Bonchev–Trinajstić information content (AvgIpc) is 3.36. The Morgan fingerprint density at radius 1 is 0.964 bits per heavy atom. The van der Waals surface area contributed by atoms with Crippen molar-refractivity contribution in [3.05, 3.63) is 77.4 Å². The first-order chi connectivity index (χ1) is 27.2. The van der Waals surface area contributed by atoms with Gasteiger partial charge in [-0.15, -0.1) is 0 Å². The van der Waals surface area contributed by atoms with Crippen molar-refractivity contribution in [2.75, 3.05) is 26.4 Å². The lowest BCUT2D eigenvalue weighted by molar-refractivity contribution is -0.231. The molecule has 4 nitrogen and oxygen atoms in total. The van der Waals surface area contributed by atoms with Gasteiger partial charge in [0.2, 0.25) is 0 Å². The molecule has 1 saturated heterocycles. The molecule has 2 bridgehead atoms. The molecule has 4 heteroatoms. The highest BCUT2D eigenvalue weighted by Crippen LogP contribution is 2.90. The monoisotopic (exact) mass is 758 g/mol. The third kappa shape index (κ3) is 4.82. The second-order valence-corrected chi connectivity index (χ2v) is 21.0. The molecule has 6 aliphatic carbocycles. The molecule has 2 aromatic rings. The van der Waals surface area contributed by atoms with E-state index >= 15 is 0 Å². The van der Waals surface area contributed by atoms with Crippen molar-refractivity contribution in [2.45, 2.75) is 154 Å². The number of aliphatic hydroxyl groups excluding tert-OH is 1. The van der Waals surface area contributed by atoms with Gasteiger partial charge in [0.25, 0.3) is 0 Å². The van der Waals surface area contributed by atoms with E-state index in [9.17, 15) is 10.2 Å². The molecule has 2 aromatic carbocycles. The number of ether oxygens (including phenoxy) is 1. The van der Waals surface area contributed by atoms with Gasteiger partial charge in [0.1, 0.15) is 5.75 Å². The Morgan fingerprint density at radius 3 is 2.68 bits per heavy atom. The van der Waals surface area contributed by atoms with Gasteiger partial charge in [0.15, 0.2) is 0 Å². The van der Waals surface area contributed by atoms with E-state index in [1.165, 1.54) is 107 Å². The molecule has 5 fully saturated rings. The third-order valence-corrected chi connectivity index (χ3v) is 19.4. The number of aromatic hydroxyl groups is 1. The second-order valence-electron chi connectivity index (χ2n) is 21.0. The molecule has 0 radical (unpaired) electrons. The Labute approximate surface area is 338 Å². The van der Waals surface area contributed by atoms with Crippen LogP contribution in [-0.2, 0) is 4.74 Å². The van der Waals surface area contributed by atoms with Gasteiger partial charge in [-0.1, -0.05) is 93.3 Å². The summed E-state index contributed by atoms with van der Waals surface area (Å²) in [4.78, 5) is 3.12. The molecule has 4 saturated carbocycles. The van der Waals surface area contributed by atoms with Crippen LogP contribution in [0.15, 0.2) is 71.8 Å². The Kier molecular flexibility index (Phi) is 9.17. The standard InChI is InChI=1S/C52H71NO3/c1-5-38(40-14-15-42-32-44(55)17-16-41(42)31-40)11-6-7-29-56-30-21-43-13-8-23-48(43)33-37(3)51-27-18-36(2)46(51)34-52(48)47(51,4)22-10-24-50(52)26-20-45-39(12-9-28-54)19-25-49(45)35-53(49)50/h10,14-17,20,24,26,31-32,37-39,43,45,54-55H,5-9,11-13,18-19,21-23,25,27-30,33-35H2,1-4H3. The lowest BCUT2D eigenvalue weighted by Crippen LogP contribution is -2.73.